The largest absolute Gasteiger partial charge is 0.369 e. The number of nitrogens with zero attached hydrogens (tertiary/aromatic N) is 1. The molecule has 1 aliphatic carbocycles. The van der Waals surface area contributed by atoms with E-state index in [-0.39, 0.29) is 5.82 Å². The van der Waals surface area contributed by atoms with Gasteiger partial charge >= 0.3 is 0 Å². The van der Waals surface area contributed by atoms with Crippen LogP contribution in [0.15, 0.2) is 18.2 Å². The Bertz CT molecular complexity index is 347. The van der Waals surface area contributed by atoms with Crippen molar-refractivity contribution in [2.24, 2.45) is 5.73 Å². The number of rotatable bonds is 4. The molecule has 1 aromatic carbocycles. The summed E-state index contributed by atoms with van der Waals surface area (Å²) in [4.78, 5) is 2.32. The van der Waals surface area contributed by atoms with Crippen LogP contribution in [0.5, 0.6) is 0 Å². The molecule has 0 heterocycles. The van der Waals surface area contributed by atoms with Crippen LogP contribution in [0, 0.1) is 5.82 Å². The number of benzene rings is 1. The van der Waals surface area contributed by atoms with E-state index in [0.29, 0.717) is 12.6 Å². The lowest BCUT2D eigenvalue weighted by atomic mass is 10.1. The quantitative estimate of drug-likeness (QED) is 0.822. The third-order valence-corrected chi connectivity index (χ3v) is 2.90. The summed E-state index contributed by atoms with van der Waals surface area (Å²) in [5.74, 6) is -0.203. The maximum absolute atomic E-state index is 13.0. The van der Waals surface area contributed by atoms with Crippen molar-refractivity contribution in [3.63, 3.8) is 0 Å². The number of halogens is 1. The van der Waals surface area contributed by atoms with Gasteiger partial charge in [-0.2, -0.15) is 0 Å². The van der Waals surface area contributed by atoms with Gasteiger partial charge in [0.2, 0.25) is 0 Å². The van der Waals surface area contributed by atoms with Crippen molar-refractivity contribution in [2.75, 3.05) is 11.4 Å². The van der Waals surface area contributed by atoms with Crippen molar-refractivity contribution < 1.29 is 4.39 Å². The van der Waals surface area contributed by atoms with E-state index in [9.17, 15) is 4.39 Å². The van der Waals surface area contributed by atoms with Crippen LogP contribution >= 0.6 is 0 Å². The molecule has 15 heavy (non-hydrogen) atoms. The summed E-state index contributed by atoms with van der Waals surface area (Å²) >= 11 is 0. The topological polar surface area (TPSA) is 29.3 Å². The third kappa shape index (κ3) is 2.12. The Morgan fingerprint density at radius 3 is 2.73 bits per heavy atom. The molecular weight excluding hydrogens is 191 g/mol. The van der Waals surface area contributed by atoms with Crippen LogP contribution < -0.4 is 10.6 Å². The zero-order valence-electron chi connectivity index (χ0n) is 9.04. The van der Waals surface area contributed by atoms with Gasteiger partial charge in [-0.15, -0.1) is 0 Å². The summed E-state index contributed by atoms with van der Waals surface area (Å²) in [5.41, 5.74) is 7.65. The molecule has 2 N–H and O–H groups in total. The molecule has 82 valence electrons. The summed E-state index contributed by atoms with van der Waals surface area (Å²) in [6, 6.07) is 5.55. The minimum absolute atomic E-state index is 0.203. The molecule has 1 aromatic rings. The second-order valence-corrected chi connectivity index (χ2v) is 3.99. The monoisotopic (exact) mass is 208 g/mol. The first kappa shape index (κ1) is 10.4. The molecule has 0 bridgehead atoms. The first-order valence-corrected chi connectivity index (χ1v) is 5.51. The molecule has 2 nitrogen and oxygen atoms in total. The van der Waals surface area contributed by atoms with E-state index in [1.165, 1.54) is 18.9 Å². The summed E-state index contributed by atoms with van der Waals surface area (Å²) in [5, 5.41) is 0. The Labute approximate surface area is 89.9 Å². The number of nitrogens with two attached hydrogens (primary N) is 1. The van der Waals surface area contributed by atoms with E-state index >= 15 is 0 Å². The van der Waals surface area contributed by atoms with Crippen molar-refractivity contribution >= 4 is 5.69 Å². The molecule has 3 heteroatoms. The molecule has 0 saturated heterocycles. The highest BCUT2D eigenvalue weighted by atomic mass is 19.1. The van der Waals surface area contributed by atoms with Crippen molar-refractivity contribution in [1.82, 2.24) is 0 Å². The van der Waals surface area contributed by atoms with E-state index < -0.39 is 0 Å². The summed E-state index contributed by atoms with van der Waals surface area (Å²) < 4.78 is 13.0. The van der Waals surface area contributed by atoms with Crippen LogP contribution in [0.25, 0.3) is 0 Å². The summed E-state index contributed by atoms with van der Waals surface area (Å²) in [7, 11) is 0. The highest BCUT2D eigenvalue weighted by Crippen LogP contribution is 2.33. The van der Waals surface area contributed by atoms with Crippen molar-refractivity contribution in [3.05, 3.63) is 29.6 Å². The van der Waals surface area contributed by atoms with Gasteiger partial charge in [0.15, 0.2) is 0 Å². The van der Waals surface area contributed by atoms with Gasteiger partial charge in [0.05, 0.1) is 0 Å². The minimum Gasteiger partial charge on any atom is -0.369 e. The van der Waals surface area contributed by atoms with Crippen molar-refractivity contribution in [3.8, 4) is 0 Å². The Morgan fingerprint density at radius 2 is 2.20 bits per heavy atom. The molecule has 0 radical (unpaired) electrons. The average molecular weight is 208 g/mol. The van der Waals surface area contributed by atoms with Crippen molar-refractivity contribution in [1.29, 1.82) is 0 Å². The Balaban J connectivity index is 2.32. The predicted molar refractivity (Wildman–Crippen MR) is 60.3 cm³/mol. The van der Waals surface area contributed by atoms with E-state index in [0.717, 1.165) is 17.8 Å². The smallest absolute Gasteiger partial charge is 0.123 e. The van der Waals surface area contributed by atoms with E-state index in [4.69, 9.17) is 5.73 Å². The second-order valence-electron chi connectivity index (χ2n) is 3.99. The van der Waals surface area contributed by atoms with Crippen LogP contribution in [0.2, 0.25) is 0 Å². The molecule has 0 amide bonds. The Kier molecular flexibility index (Phi) is 2.91. The lowest BCUT2D eigenvalue weighted by Gasteiger charge is -2.25. The van der Waals surface area contributed by atoms with Crippen LogP contribution in [0.4, 0.5) is 10.1 Å². The molecule has 1 fully saturated rings. The Morgan fingerprint density at radius 1 is 1.47 bits per heavy atom. The van der Waals surface area contributed by atoms with Gasteiger partial charge in [-0.05, 0) is 43.5 Å². The van der Waals surface area contributed by atoms with Gasteiger partial charge in [0, 0.05) is 24.8 Å². The fourth-order valence-electron chi connectivity index (χ4n) is 2.01. The normalized spacial score (nSPS) is 15.4. The average Bonchev–Trinajstić information content (AvgIpc) is 3.05. The molecule has 1 saturated carbocycles. The molecule has 0 spiro atoms. The van der Waals surface area contributed by atoms with E-state index in [1.807, 2.05) is 6.07 Å². The molecule has 0 aromatic heterocycles. The van der Waals surface area contributed by atoms with Gasteiger partial charge in [0.25, 0.3) is 0 Å². The highest BCUT2D eigenvalue weighted by Gasteiger charge is 2.29. The predicted octanol–water partition coefficient (Wildman–Crippen LogP) is 2.27. The van der Waals surface area contributed by atoms with Crippen LogP contribution in [0.1, 0.15) is 25.3 Å². The minimum atomic E-state index is -0.203. The Hall–Kier alpha value is -1.09. The first-order valence-electron chi connectivity index (χ1n) is 5.51. The standard InChI is InChI=1S/C12H17FN2/c1-2-15(11-4-5-11)12-6-3-10(13)7-9(12)8-14/h3,6-7,11H,2,4-5,8,14H2,1H3. The fraction of sp³-hybridized carbons (Fsp3) is 0.500. The summed E-state index contributed by atoms with van der Waals surface area (Å²) in [6.45, 7) is 3.49. The van der Waals surface area contributed by atoms with Gasteiger partial charge in [0.1, 0.15) is 5.82 Å². The lowest BCUT2D eigenvalue weighted by molar-refractivity contribution is 0.624. The highest BCUT2D eigenvalue weighted by molar-refractivity contribution is 5.55. The lowest BCUT2D eigenvalue weighted by Crippen LogP contribution is -2.26. The first-order chi connectivity index (χ1) is 7.26. The van der Waals surface area contributed by atoms with Crippen LogP contribution in [-0.2, 0) is 6.54 Å². The SMILES string of the molecule is CCN(c1ccc(F)cc1CN)C1CC1. The van der Waals surface area contributed by atoms with Crippen LogP contribution in [-0.4, -0.2) is 12.6 Å². The van der Waals surface area contributed by atoms with Gasteiger partial charge in [-0.25, -0.2) is 4.39 Å². The number of hydrogen-bond acceptors (Lipinski definition) is 2. The fourth-order valence-corrected chi connectivity index (χ4v) is 2.01. The van der Waals surface area contributed by atoms with E-state index in [1.54, 1.807) is 6.07 Å². The molecule has 0 aliphatic heterocycles. The van der Waals surface area contributed by atoms with Gasteiger partial charge in [-0.3, -0.25) is 0 Å². The zero-order valence-corrected chi connectivity index (χ0v) is 9.04. The molecular formula is C12H17FN2. The van der Waals surface area contributed by atoms with Gasteiger partial charge in [-0.1, -0.05) is 0 Å². The summed E-state index contributed by atoms with van der Waals surface area (Å²) in [6.07, 6.45) is 2.49. The maximum atomic E-state index is 13.0. The number of hydrogen-bond donors (Lipinski definition) is 1. The second kappa shape index (κ2) is 4.19. The van der Waals surface area contributed by atoms with E-state index in [2.05, 4.69) is 11.8 Å². The molecule has 1 aliphatic rings. The maximum Gasteiger partial charge on any atom is 0.123 e. The van der Waals surface area contributed by atoms with Crippen LogP contribution in [0.3, 0.4) is 0 Å². The van der Waals surface area contributed by atoms with Gasteiger partial charge < -0.3 is 10.6 Å². The molecule has 2 rings (SSSR count). The third-order valence-electron chi connectivity index (χ3n) is 2.90. The number of anilines is 1. The molecule has 0 atom stereocenters. The zero-order chi connectivity index (χ0) is 10.8. The molecule has 0 unspecified atom stereocenters. The van der Waals surface area contributed by atoms with Crippen molar-refractivity contribution in [2.45, 2.75) is 32.4 Å².